The first-order valence-corrected chi connectivity index (χ1v) is 8.84. The molecule has 0 aromatic heterocycles. The summed E-state index contributed by atoms with van der Waals surface area (Å²) >= 11 is 0. The molecule has 132 valence electrons. The predicted molar refractivity (Wildman–Crippen MR) is 92.0 cm³/mol. The van der Waals surface area contributed by atoms with Crippen molar-refractivity contribution in [1.82, 2.24) is 9.80 Å². The Morgan fingerprint density at radius 3 is 2.38 bits per heavy atom. The fourth-order valence-corrected chi connectivity index (χ4v) is 3.09. The van der Waals surface area contributed by atoms with E-state index in [-0.39, 0.29) is 17.6 Å². The first-order chi connectivity index (χ1) is 11.6. The number of amides is 2. The summed E-state index contributed by atoms with van der Waals surface area (Å²) in [7, 11) is 0. The Kier molecular flexibility index (Phi) is 7.22. The standard InChI is InChI=1S/C19H27FN2O2/c1-16(23)21(14-10-17-8-4-5-9-18(17)20)15-11-19(24)22-12-6-2-3-7-13-22/h4-5,8-9H,2-3,6-7,10-15H2,1H3. The molecule has 0 radical (unpaired) electrons. The van der Waals surface area contributed by atoms with Crippen LogP contribution >= 0.6 is 0 Å². The fourth-order valence-electron chi connectivity index (χ4n) is 3.09. The number of carbonyl (C=O) groups is 2. The molecule has 4 nitrogen and oxygen atoms in total. The van der Waals surface area contributed by atoms with Gasteiger partial charge in [0.1, 0.15) is 5.82 Å². The highest BCUT2D eigenvalue weighted by Gasteiger charge is 2.17. The molecule has 1 saturated heterocycles. The monoisotopic (exact) mass is 334 g/mol. The smallest absolute Gasteiger partial charge is 0.224 e. The lowest BCUT2D eigenvalue weighted by molar-refractivity contribution is -0.133. The average molecular weight is 334 g/mol. The minimum absolute atomic E-state index is 0.0741. The second-order valence-electron chi connectivity index (χ2n) is 6.39. The summed E-state index contributed by atoms with van der Waals surface area (Å²) in [4.78, 5) is 27.7. The van der Waals surface area contributed by atoms with Gasteiger partial charge in [-0.25, -0.2) is 4.39 Å². The summed E-state index contributed by atoms with van der Waals surface area (Å²) in [6.07, 6.45) is 5.31. The molecule has 0 bridgehead atoms. The van der Waals surface area contributed by atoms with E-state index in [1.165, 1.54) is 25.8 Å². The molecule has 1 aromatic rings. The van der Waals surface area contributed by atoms with Gasteiger partial charge in [0, 0.05) is 39.5 Å². The van der Waals surface area contributed by atoms with Gasteiger partial charge in [-0.15, -0.1) is 0 Å². The van der Waals surface area contributed by atoms with Crippen LogP contribution in [0.4, 0.5) is 4.39 Å². The van der Waals surface area contributed by atoms with Crippen LogP contribution in [0, 0.1) is 5.82 Å². The Labute approximate surface area is 143 Å². The third-order valence-electron chi connectivity index (χ3n) is 4.61. The van der Waals surface area contributed by atoms with Crippen molar-refractivity contribution in [2.75, 3.05) is 26.2 Å². The van der Waals surface area contributed by atoms with Gasteiger partial charge in [0.05, 0.1) is 0 Å². The summed E-state index contributed by atoms with van der Waals surface area (Å²) in [5.41, 5.74) is 0.600. The van der Waals surface area contributed by atoms with Crippen molar-refractivity contribution in [1.29, 1.82) is 0 Å². The van der Waals surface area contributed by atoms with Crippen LogP contribution in [0.5, 0.6) is 0 Å². The van der Waals surface area contributed by atoms with Gasteiger partial charge in [0.15, 0.2) is 0 Å². The number of nitrogens with zero attached hydrogens (tertiary/aromatic N) is 2. The van der Waals surface area contributed by atoms with E-state index in [1.807, 2.05) is 4.90 Å². The molecule has 1 aromatic carbocycles. The zero-order valence-corrected chi connectivity index (χ0v) is 14.5. The van der Waals surface area contributed by atoms with Gasteiger partial charge in [0.25, 0.3) is 0 Å². The Morgan fingerprint density at radius 2 is 1.75 bits per heavy atom. The van der Waals surface area contributed by atoms with E-state index in [1.54, 1.807) is 23.1 Å². The SMILES string of the molecule is CC(=O)N(CCC(=O)N1CCCCCC1)CCc1ccccc1F. The lowest BCUT2D eigenvalue weighted by atomic mass is 10.1. The summed E-state index contributed by atoms with van der Waals surface area (Å²) in [5, 5.41) is 0. The minimum Gasteiger partial charge on any atom is -0.343 e. The molecule has 5 heteroatoms. The molecule has 1 fully saturated rings. The van der Waals surface area contributed by atoms with Crippen LogP contribution in [-0.4, -0.2) is 47.8 Å². The van der Waals surface area contributed by atoms with Crippen molar-refractivity contribution in [3.63, 3.8) is 0 Å². The number of hydrogen-bond acceptors (Lipinski definition) is 2. The van der Waals surface area contributed by atoms with Crippen molar-refractivity contribution >= 4 is 11.8 Å². The van der Waals surface area contributed by atoms with Crippen LogP contribution in [0.1, 0.15) is 44.6 Å². The first kappa shape index (κ1) is 18.4. The molecule has 2 rings (SSSR count). The molecule has 0 saturated carbocycles. The van der Waals surface area contributed by atoms with Gasteiger partial charge >= 0.3 is 0 Å². The predicted octanol–water partition coefficient (Wildman–Crippen LogP) is 3.01. The van der Waals surface area contributed by atoms with E-state index in [0.717, 1.165) is 25.9 Å². The topological polar surface area (TPSA) is 40.6 Å². The molecule has 1 heterocycles. The molecule has 24 heavy (non-hydrogen) atoms. The maximum atomic E-state index is 13.7. The highest BCUT2D eigenvalue weighted by Crippen LogP contribution is 2.12. The van der Waals surface area contributed by atoms with Gasteiger partial charge in [0.2, 0.25) is 11.8 Å². The minimum atomic E-state index is -0.248. The number of hydrogen-bond donors (Lipinski definition) is 0. The molecule has 2 amide bonds. The van der Waals surface area contributed by atoms with E-state index in [2.05, 4.69) is 0 Å². The largest absolute Gasteiger partial charge is 0.343 e. The number of benzene rings is 1. The van der Waals surface area contributed by atoms with Crippen molar-refractivity contribution in [2.24, 2.45) is 0 Å². The fraction of sp³-hybridized carbons (Fsp3) is 0.579. The van der Waals surface area contributed by atoms with Gasteiger partial charge < -0.3 is 9.80 Å². The van der Waals surface area contributed by atoms with Gasteiger partial charge in [-0.1, -0.05) is 31.0 Å². The molecule has 1 aliphatic heterocycles. The second kappa shape index (κ2) is 9.40. The first-order valence-electron chi connectivity index (χ1n) is 8.84. The highest BCUT2D eigenvalue weighted by molar-refractivity contribution is 5.78. The lowest BCUT2D eigenvalue weighted by Gasteiger charge is -2.24. The van der Waals surface area contributed by atoms with Crippen LogP contribution in [0.2, 0.25) is 0 Å². The van der Waals surface area contributed by atoms with Crippen LogP contribution in [0.3, 0.4) is 0 Å². The maximum Gasteiger partial charge on any atom is 0.224 e. The van der Waals surface area contributed by atoms with Crippen LogP contribution in [0.25, 0.3) is 0 Å². The van der Waals surface area contributed by atoms with Crippen molar-refractivity contribution < 1.29 is 14.0 Å². The molecule has 0 unspecified atom stereocenters. The maximum absolute atomic E-state index is 13.7. The van der Waals surface area contributed by atoms with E-state index in [4.69, 9.17) is 0 Å². The quantitative estimate of drug-likeness (QED) is 0.802. The van der Waals surface area contributed by atoms with E-state index in [9.17, 15) is 14.0 Å². The summed E-state index contributed by atoms with van der Waals surface area (Å²) in [6.45, 7) is 3.99. The third kappa shape index (κ3) is 5.62. The zero-order chi connectivity index (χ0) is 17.4. The zero-order valence-electron chi connectivity index (χ0n) is 14.5. The molecule has 0 aliphatic carbocycles. The normalized spacial score (nSPS) is 15.0. The molecule has 0 spiro atoms. The van der Waals surface area contributed by atoms with Crippen LogP contribution in [-0.2, 0) is 16.0 Å². The van der Waals surface area contributed by atoms with Gasteiger partial charge in [-0.3, -0.25) is 9.59 Å². The second-order valence-corrected chi connectivity index (χ2v) is 6.39. The number of likely N-dealkylation sites (tertiary alicyclic amines) is 1. The molecular formula is C19H27FN2O2. The summed E-state index contributed by atoms with van der Waals surface area (Å²) in [6, 6.07) is 6.60. The lowest BCUT2D eigenvalue weighted by Crippen LogP contribution is -2.37. The molecule has 0 atom stereocenters. The number of rotatable bonds is 6. The number of carbonyl (C=O) groups excluding carboxylic acids is 2. The Hall–Kier alpha value is -1.91. The van der Waals surface area contributed by atoms with Crippen molar-refractivity contribution in [3.8, 4) is 0 Å². The summed E-state index contributed by atoms with van der Waals surface area (Å²) < 4.78 is 13.7. The van der Waals surface area contributed by atoms with Crippen LogP contribution in [0.15, 0.2) is 24.3 Å². The summed E-state index contributed by atoms with van der Waals surface area (Å²) in [5.74, 6) is -0.203. The number of halogens is 1. The van der Waals surface area contributed by atoms with Crippen LogP contribution < -0.4 is 0 Å². The highest BCUT2D eigenvalue weighted by atomic mass is 19.1. The van der Waals surface area contributed by atoms with Crippen molar-refractivity contribution in [3.05, 3.63) is 35.6 Å². The van der Waals surface area contributed by atoms with E-state index in [0.29, 0.717) is 31.5 Å². The van der Waals surface area contributed by atoms with Crippen molar-refractivity contribution in [2.45, 2.75) is 45.4 Å². The Bertz CT molecular complexity index is 554. The molecule has 0 N–H and O–H groups in total. The third-order valence-corrected chi connectivity index (χ3v) is 4.61. The van der Waals surface area contributed by atoms with Gasteiger partial charge in [-0.2, -0.15) is 0 Å². The van der Waals surface area contributed by atoms with E-state index < -0.39 is 0 Å². The Balaban J connectivity index is 1.83. The average Bonchev–Trinajstić information content (AvgIpc) is 2.85. The Morgan fingerprint density at radius 1 is 1.08 bits per heavy atom. The molecular weight excluding hydrogens is 307 g/mol. The van der Waals surface area contributed by atoms with Gasteiger partial charge in [-0.05, 0) is 30.9 Å². The van der Waals surface area contributed by atoms with E-state index >= 15 is 0 Å². The molecule has 1 aliphatic rings.